The minimum atomic E-state index is -0.339. The van der Waals surface area contributed by atoms with Crippen molar-refractivity contribution in [2.24, 2.45) is 5.41 Å². The van der Waals surface area contributed by atoms with Crippen LogP contribution >= 0.6 is 0 Å². The van der Waals surface area contributed by atoms with Gasteiger partial charge in [0.25, 0.3) is 0 Å². The fourth-order valence-electron chi connectivity index (χ4n) is 2.66. The molecule has 0 aromatic heterocycles. The molecule has 1 aromatic carbocycles. The Balaban J connectivity index is 1.94. The van der Waals surface area contributed by atoms with Crippen LogP contribution in [0.25, 0.3) is 0 Å². The highest BCUT2D eigenvalue weighted by atomic mass is 16.2. The van der Waals surface area contributed by atoms with Gasteiger partial charge in [-0.15, -0.1) is 0 Å². The highest BCUT2D eigenvalue weighted by Gasteiger charge is 2.29. The summed E-state index contributed by atoms with van der Waals surface area (Å²) in [6.07, 6.45) is 1.39. The molecule has 0 saturated carbocycles. The van der Waals surface area contributed by atoms with Crippen molar-refractivity contribution in [1.29, 1.82) is 10.5 Å². The van der Waals surface area contributed by atoms with Gasteiger partial charge in [0.15, 0.2) is 0 Å². The minimum Gasteiger partial charge on any atom is -0.368 e. The van der Waals surface area contributed by atoms with Gasteiger partial charge in [-0.3, -0.25) is 4.79 Å². The zero-order chi connectivity index (χ0) is 18.4. The van der Waals surface area contributed by atoms with Gasteiger partial charge in [0.1, 0.15) is 17.7 Å². The van der Waals surface area contributed by atoms with Gasteiger partial charge in [0.2, 0.25) is 5.91 Å². The molecular formula is C19H23N5O. The van der Waals surface area contributed by atoms with E-state index in [2.05, 4.69) is 10.2 Å². The van der Waals surface area contributed by atoms with Gasteiger partial charge in [-0.2, -0.15) is 10.5 Å². The Morgan fingerprint density at radius 1 is 1.08 bits per heavy atom. The average Bonchev–Trinajstić information content (AvgIpc) is 2.62. The molecule has 1 heterocycles. The number of amides is 1. The molecule has 1 N–H and O–H groups in total. The van der Waals surface area contributed by atoms with Crippen LogP contribution in [0.4, 0.5) is 11.4 Å². The highest BCUT2D eigenvalue weighted by Crippen LogP contribution is 2.22. The second-order valence-corrected chi connectivity index (χ2v) is 7.00. The van der Waals surface area contributed by atoms with Gasteiger partial charge in [-0.1, -0.05) is 20.8 Å². The fraction of sp³-hybridized carbons (Fsp3) is 0.421. The van der Waals surface area contributed by atoms with Crippen LogP contribution in [-0.4, -0.2) is 37.0 Å². The summed E-state index contributed by atoms with van der Waals surface area (Å²) < 4.78 is 0. The summed E-state index contributed by atoms with van der Waals surface area (Å²) in [6.45, 7) is 8.92. The van der Waals surface area contributed by atoms with E-state index in [1.165, 1.54) is 6.20 Å². The van der Waals surface area contributed by atoms with Crippen molar-refractivity contribution in [3.8, 4) is 12.1 Å². The molecule has 130 valence electrons. The van der Waals surface area contributed by atoms with E-state index in [1.807, 2.05) is 49.9 Å². The first kappa shape index (κ1) is 18.4. The van der Waals surface area contributed by atoms with Crippen molar-refractivity contribution in [2.75, 3.05) is 36.4 Å². The van der Waals surface area contributed by atoms with Crippen molar-refractivity contribution in [3.05, 3.63) is 36.0 Å². The number of hydrogen-bond donors (Lipinski definition) is 1. The third kappa shape index (κ3) is 4.74. The van der Waals surface area contributed by atoms with Crippen LogP contribution in [0.5, 0.6) is 0 Å². The Hall–Kier alpha value is -2.99. The summed E-state index contributed by atoms with van der Waals surface area (Å²) in [5.41, 5.74) is 1.60. The maximum atomic E-state index is 12.3. The smallest absolute Gasteiger partial charge is 0.228 e. The number of carbonyl (C=O) groups is 1. The summed E-state index contributed by atoms with van der Waals surface area (Å²) >= 11 is 0. The van der Waals surface area contributed by atoms with Crippen LogP contribution < -0.4 is 10.2 Å². The van der Waals surface area contributed by atoms with E-state index in [1.54, 1.807) is 12.1 Å². The molecule has 0 aliphatic carbocycles. The molecule has 1 aliphatic heterocycles. The van der Waals surface area contributed by atoms with E-state index in [0.29, 0.717) is 0 Å². The van der Waals surface area contributed by atoms with E-state index >= 15 is 0 Å². The van der Waals surface area contributed by atoms with Crippen LogP contribution in [0.2, 0.25) is 0 Å². The maximum Gasteiger partial charge on any atom is 0.228 e. The molecule has 0 unspecified atom stereocenters. The first-order valence-corrected chi connectivity index (χ1v) is 8.26. The number of allylic oxidation sites excluding steroid dienone is 1. The van der Waals surface area contributed by atoms with Gasteiger partial charge in [-0.25, -0.2) is 0 Å². The lowest BCUT2D eigenvalue weighted by Crippen LogP contribution is -2.51. The van der Waals surface area contributed by atoms with Gasteiger partial charge in [-0.05, 0) is 24.3 Å². The van der Waals surface area contributed by atoms with E-state index in [9.17, 15) is 4.79 Å². The third-order valence-corrected chi connectivity index (χ3v) is 4.07. The number of anilines is 2. The molecular weight excluding hydrogens is 314 g/mol. The first-order valence-electron chi connectivity index (χ1n) is 8.26. The Morgan fingerprint density at radius 3 is 2.12 bits per heavy atom. The number of hydrogen-bond acceptors (Lipinski definition) is 5. The molecule has 0 atom stereocenters. The predicted molar refractivity (Wildman–Crippen MR) is 97.6 cm³/mol. The number of nitrogens with zero attached hydrogens (tertiary/aromatic N) is 4. The summed E-state index contributed by atoms with van der Waals surface area (Å²) in [5, 5.41) is 20.4. The lowest BCUT2D eigenvalue weighted by molar-refractivity contribution is -0.139. The molecule has 1 fully saturated rings. The van der Waals surface area contributed by atoms with Crippen LogP contribution in [0.15, 0.2) is 36.0 Å². The molecule has 25 heavy (non-hydrogen) atoms. The topological polar surface area (TPSA) is 83.2 Å². The van der Waals surface area contributed by atoms with Crippen LogP contribution in [-0.2, 0) is 4.79 Å². The summed E-state index contributed by atoms with van der Waals surface area (Å²) in [4.78, 5) is 16.5. The molecule has 1 saturated heterocycles. The lowest BCUT2D eigenvalue weighted by atomic mass is 9.94. The molecule has 1 aliphatic rings. The monoisotopic (exact) mass is 337 g/mol. The highest BCUT2D eigenvalue weighted by molar-refractivity contribution is 5.81. The molecule has 6 nitrogen and oxygen atoms in total. The number of nitriles is 2. The molecule has 2 rings (SSSR count). The number of rotatable bonds is 3. The van der Waals surface area contributed by atoms with Crippen LogP contribution in [0, 0.1) is 28.1 Å². The molecule has 6 heteroatoms. The van der Waals surface area contributed by atoms with E-state index in [0.717, 1.165) is 37.6 Å². The second-order valence-electron chi connectivity index (χ2n) is 7.00. The van der Waals surface area contributed by atoms with Crippen LogP contribution in [0.3, 0.4) is 0 Å². The Morgan fingerprint density at radius 2 is 1.64 bits per heavy atom. The number of benzene rings is 1. The summed E-state index contributed by atoms with van der Waals surface area (Å²) in [7, 11) is 0. The average molecular weight is 337 g/mol. The first-order chi connectivity index (χ1) is 11.8. The number of piperazine rings is 1. The standard InChI is InChI=1S/C19H23N5O/c1-19(2,3)18(25)24-10-8-23(9-11-24)17-6-4-16(5-7-17)22-14-15(12-20)13-21/h4-7,14,22H,8-11H2,1-3H3. The second kappa shape index (κ2) is 7.72. The summed E-state index contributed by atoms with van der Waals surface area (Å²) in [6, 6.07) is 11.4. The van der Waals surface area contributed by atoms with E-state index in [-0.39, 0.29) is 16.9 Å². The van der Waals surface area contributed by atoms with Crippen molar-refractivity contribution < 1.29 is 4.79 Å². The molecule has 1 amide bonds. The zero-order valence-electron chi connectivity index (χ0n) is 14.9. The SMILES string of the molecule is CC(C)(C)C(=O)N1CCN(c2ccc(NC=C(C#N)C#N)cc2)CC1. The fourth-order valence-corrected chi connectivity index (χ4v) is 2.66. The quantitative estimate of drug-likeness (QED) is 0.858. The molecule has 0 spiro atoms. The van der Waals surface area contributed by atoms with Gasteiger partial charge >= 0.3 is 0 Å². The molecule has 0 bridgehead atoms. The lowest BCUT2D eigenvalue weighted by Gasteiger charge is -2.38. The zero-order valence-corrected chi connectivity index (χ0v) is 14.9. The maximum absolute atomic E-state index is 12.3. The summed E-state index contributed by atoms with van der Waals surface area (Å²) in [5.74, 6) is 0.198. The van der Waals surface area contributed by atoms with Gasteiger partial charge < -0.3 is 15.1 Å². The normalized spacial score (nSPS) is 14.3. The Kier molecular flexibility index (Phi) is 5.67. The van der Waals surface area contributed by atoms with E-state index < -0.39 is 0 Å². The Bertz CT molecular complexity index is 707. The van der Waals surface area contributed by atoms with Crippen molar-refractivity contribution in [3.63, 3.8) is 0 Å². The number of carbonyl (C=O) groups excluding carboxylic acids is 1. The molecule has 0 radical (unpaired) electrons. The predicted octanol–water partition coefficient (Wildman–Crippen LogP) is 2.72. The van der Waals surface area contributed by atoms with Crippen molar-refractivity contribution in [2.45, 2.75) is 20.8 Å². The van der Waals surface area contributed by atoms with Gasteiger partial charge in [0.05, 0.1) is 0 Å². The Labute approximate surface area is 148 Å². The van der Waals surface area contributed by atoms with Crippen molar-refractivity contribution in [1.82, 2.24) is 4.90 Å². The third-order valence-electron chi connectivity index (χ3n) is 4.07. The molecule has 1 aromatic rings. The minimum absolute atomic E-state index is 0.0312. The van der Waals surface area contributed by atoms with Crippen LogP contribution in [0.1, 0.15) is 20.8 Å². The number of nitrogens with one attached hydrogen (secondary N) is 1. The van der Waals surface area contributed by atoms with Gasteiger partial charge in [0, 0.05) is 49.2 Å². The van der Waals surface area contributed by atoms with E-state index in [4.69, 9.17) is 10.5 Å². The van der Waals surface area contributed by atoms with Crippen molar-refractivity contribution >= 4 is 17.3 Å². The largest absolute Gasteiger partial charge is 0.368 e.